The van der Waals surface area contributed by atoms with E-state index in [0.717, 1.165) is 43.6 Å². The van der Waals surface area contributed by atoms with Crippen molar-refractivity contribution in [2.24, 2.45) is 5.73 Å². The summed E-state index contributed by atoms with van der Waals surface area (Å²) in [5.74, 6) is -2.28. The Kier molecular flexibility index (Phi) is 19.2. The van der Waals surface area contributed by atoms with Crippen LogP contribution in [0, 0.1) is 0 Å². The molecule has 1 aliphatic rings. The second-order valence-corrected chi connectivity index (χ2v) is 8.03. The van der Waals surface area contributed by atoms with Crippen LogP contribution in [0.5, 0.6) is 11.5 Å². The summed E-state index contributed by atoms with van der Waals surface area (Å²) in [5, 5.41) is 29.9. The van der Waals surface area contributed by atoms with Crippen molar-refractivity contribution in [2.45, 2.75) is 32.2 Å². The van der Waals surface area contributed by atoms with Gasteiger partial charge in [-0.1, -0.05) is 0 Å². The first-order valence-corrected chi connectivity index (χ1v) is 11.3. The molecule has 1 atom stereocenters. The van der Waals surface area contributed by atoms with Gasteiger partial charge in [0.1, 0.15) is 17.5 Å². The zero-order chi connectivity index (χ0) is 24.2. The van der Waals surface area contributed by atoms with Crippen LogP contribution in [0.3, 0.4) is 0 Å². The average Bonchev–Trinajstić information content (AvgIpc) is 2.75. The predicted molar refractivity (Wildman–Crippen MR) is 147 cm³/mol. The predicted octanol–water partition coefficient (Wildman–Crippen LogP) is 0.351. The molecule has 0 unspecified atom stereocenters. The maximum absolute atomic E-state index is 13.6. The number of hydrogen-bond donors (Lipinski definition) is 6. The van der Waals surface area contributed by atoms with E-state index < -0.39 is 30.2 Å². The van der Waals surface area contributed by atoms with Crippen molar-refractivity contribution < 1.29 is 24.6 Å². The lowest BCUT2D eigenvalue weighted by molar-refractivity contribution is -0.136. The molecule has 0 saturated carbocycles. The van der Waals surface area contributed by atoms with Gasteiger partial charge in [0, 0.05) is 45.7 Å². The van der Waals surface area contributed by atoms with E-state index in [2.05, 4.69) is 16.0 Å². The minimum Gasteiger partial charge on any atom is -0.508 e. The largest absolute Gasteiger partial charge is 0.508 e. The topological polar surface area (TPSA) is 160 Å². The number of amides is 3. The van der Waals surface area contributed by atoms with Gasteiger partial charge >= 0.3 is 0 Å². The maximum Gasteiger partial charge on any atom is 0.246 e. The highest BCUT2D eigenvalue weighted by atomic mass is 35.5. The maximum atomic E-state index is 13.6. The van der Waals surface area contributed by atoms with Gasteiger partial charge in [-0.15, -0.1) is 37.2 Å². The summed E-state index contributed by atoms with van der Waals surface area (Å²) in [6, 6.07) is 2.48. The molecule has 0 aliphatic carbocycles. The first-order valence-electron chi connectivity index (χ1n) is 11.3. The van der Waals surface area contributed by atoms with Crippen LogP contribution >= 0.6 is 37.2 Å². The number of carbonyl (C=O) groups is 3. The van der Waals surface area contributed by atoms with Gasteiger partial charge in [0.15, 0.2) is 0 Å². The third kappa shape index (κ3) is 11.8. The standard InChI is InChI=1S/C22H36N6O5.3ClH/c1-16(29)28(18-5-4-17(30)14-20(18)31)19(15-21(23)32)22(33)27-12-3-8-25-10-9-24-6-2-7-26-11-13-27;;;/h4-5,14,19,24-26,30-31H,2-3,6-13,15H2,1H3,(H2,23,32);3*1H/t19-;;;/m0.../s1. The first kappa shape index (κ1) is 36.1. The van der Waals surface area contributed by atoms with Crippen molar-refractivity contribution in [1.82, 2.24) is 20.9 Å². The number of carbonyl (C=O) groups excluding carboxylic acids is 3. The van der Waals surface area contributed by atoms with Crippen LogP contribution in [0.4, 0.5) is 5.69 Å². The highest BCUT2D eigenvalue weighted by Crippen LogP contribution is 2.33. The number of halogens is 3. The van der Waals surface area contributed by atoms with Crippen molar-refractivity contribution in [3.63, 3.8) is 0 Å². The molecule has 1 aromatic rings. The zero-order valence-electron chi connectivity index (χ0n) is 20.4. The Hall–Kier alpha value is -2.02. The van der Waals surface area contributed by atoms with Crippen LogP contribution in [-0.2, 0) is 14.4 Å². The van der Waals surface area contributed by atoms with Crippen LogP contribution in [-0.4, -0.2) is 91.2 Å². The van der Waals surface area contributed by atoms with Gasteiger partial charge in [-0.3, -0.25) is 19.3 Å². The van der Waals surface area contributed by atoms with Gasteiger partial charge in [-0.2, -0.15) is 0 Å². The molecule has 14 heteroatoms. The number of nitrogens with zero attached hydrogens (tertiary/aromatic N) is 2. The van der Waals surface area contributed by atoms with Crippen molar-refractivity contribution >= 4 is 60.6 Å². The Bertz CT molecular complexity index is 806. The van der Waals surface area contributed by atoms with Crippen molar-refractivity contribution in [1.29, 1.82) is 0 Å². The lowest BCUT2D eigenvalue weighted by atomic mass is 10.1. The molecule has 208 valence electrons. The lowest BCUT2D eigenvalue weighted by Gasteiger charge is -2.34. The molecule has 1 heterocycles. The number of phenols is 2. The van der Waals surface area contributed by atoms with Crippen molar-refractivity contribution in [2.75, 3.05) is 57.3 Å². The number of primary amides is 1. The summed E-state index contributed by atoms with van der Waals surface area (Å²) in [7, 11) is 0. The third-order valence-corrected chi connectivity index (χ3v) is 5.39. The smallest absolute Gasteiger partial charge is 0.246 e. The van der Waals surface area contributed by atoms with Crippen molar-refractivity contribution in [3.8, 4) is 11.5 Å². The molecule has 1 aliphatic heterocycles. The minimum absolute atomic E-state index is 0. The highest BCUT2D eigenvalue weighted by molar-refractivity contribution is 6.02. The molecular weight excluding hydrogens is 535 g/mol. The SMILES string of the molecule is CC(=O)N(c1ccc(O)cc1O)[C@@H](CC(N)=O)C(=O)N1CCCNCCNCCCNCC1.Cl.Cl.Cl. The Balaban J connectivity index is 0. The first-order chi connectivity index (χ1) is 15.8. The summed E-state index contributed by atoms with van der Waals surface area (Å²) < 4.78 is 0. The highest BCUT2D eigenvalue weighted by Gasteiger charge is 2.35. The number of nitrogens with one attached hydrogen (secondary N) is 3. The molecule has 1 aromatic carbocycles. The summed E-state index contributed by atoms with van der Waals surface area (Å²) >= 11 is 0. The second-order valence-electron chi connectivity index (χ2n) is 8.03. The Morgan fingerprint density at radius 3 is 2.08 bits per heavy atom. The molecule has 11 nitrogen and oxygen atoms in total. The molecular formula is C22H39Cl3N6O5. The number of hydrogen-bond acceptors (Lipinski definition) is 8. The van der Waals surface area contributed by atoms with Crippen LogP contribution < -0.4 is 26.6 Å². The average molecular weight is 574 g/mol. The van der Waals surface area contributed by atoms with E-state index in [1.165, 1.54) is 19.1 Å². The van der Waals surface area contributed by atoms with Crippen LogP contribution in [0.2, 0.25) is 0 Å². The number of phenolic OH excluding ortho intramolecular Hbond substituents is 2. The zero-order valence-corrected chi connectivity index (χ0v) is 22.9. The van der Waals surface area contributed by atoms with E-state index in [0.29, 0.717) is 32.6 Å². The molecule has 3 amide bonds. The molecule has 7 N–H and O–H groups in total. The van der Waals surface area contributed by atoms with E-state index in [4.69, 9.17) is 5.73 Å². The van der Waals surface area contributed by atoms with E-state index in [1.807, 2.05) is 0 Å². The Morgan fingerprint density at radius 1 is 0.944 bits per heavy atom. The number of rotatable bonds is 5. The number of anilines is 1. The fourth-order valence-electron chi connectivity index (χ4n) is 3.79. The number of aromatic hydroxyl groups is 2. The molecule has 0 aromatic heterocycles. The summed E-state index contributed by atoms with van der Waals surface area (Å²) in [6.07, 6.45) is 1.25. The molecule has 1 fully saturated rings. The fraction of sp³-hybridized carbons (Fsp3) is 0.591. The van der Waals surface area contributed by atoms with E-state index in [-0.39, 0.29) is 54.4 Å². The van der Waals surface area contributed by atoms with E-state index >= 15 is 0 Å². The summed E-state index contributed by atoms with van der Waals surface area (Å²) in [4.78, 5) is 40.7. The van der Waals surface area contributed by atoms with E-state index in [1.54, 1.807) is 4.90 Å². The molecule has 0 bridgehead atoms. The molecule has 2 rings (SSSR count). The molecule has 0 radical (unpaired) electrons. The van der Waals surface area contributed by atoms with Crippen LogP contribution in [0.15, 0.2) is 18.2 Å². The molecule has 1 saturated heterocycles. The van der Waals surface area contributed by atoms with E-state index in [9.17, 15) is 24.6 Å². The summed E-state index contributed by atoms with van der Waals surface area (Å²) in [6.45, 7) is 6.75. The van der Waals surface area contributed by atoms with Gasteiger partial charge in [0.25, 0.3) is 0 Å². The Labute approximate surface area is 230 Å². The minimum atomic E-state index is -1.22. The lowest BCUT2D eigenvalue weighted by Crippen LogP contribution is -2.53. The fourth-order valence-corrected chi connectivity index (χ4v) is 3.79. The number of nitrogens with two attached hydrogens (primary N) is 1. The normalized spacial score (nSPS) is 16.1. The monoisotopic (exact) mass is 572 g/mol. The number of benzene rings is 1. The van der Waals surface area contributed by atoms with Gasteiger partial charge < -0.3 is 36.8 Å². The second kappa shape index (κ2) is 19.1. The van der Waals surface area contributed by atoms with Gasteiger partial charge in [0.05, 0.1) is 12.1 Å². The van der Waals surface area contributed by atoms with Gasteiger partial charge in [-0.05, 0) is 44.6 Å². The Morgan fingerprint density at radius 2 is 1.53 bits per heavy atom. The van der Waals surface area contributed by atoms with Crippen LogP contribution in [0.1, 0.15) is 26.2 Å². The third-order valence-electron chi connectivity index (χ3n) is 5.39. The molecule has 0 spiro atoms. The van der Waals surface area contributed by atoms with Gasteiger partial charge in [0.2, 0.25) is 17.7 Å². The quantitative estimate of drug-likeness (QED) is 0.294. The van der Waals surface area contributed by atoms with Crippen LogP contribution in [0.25, 0.3) is 0 Å². The van der Waals surface area contributed by atoms with Crippen molar-refractivity contribution in [3.05, 3.63) is 18.2 Å². The summed E-state index contributed by atoms with van der Waals surface area (Å²) in [5.41, 5.74) is 5.45. The molecule has 36 heavy (non-hydrogen) atoms. The van der Waals surface area contributed by atoms with Gasteiger partial charge in [-0.25, -0.2) is 0 Å².